The number of anilines is 2. The molecule has 148 valence electrons. The molecule has 2 fully saturated rings. The Morgan fingerprint density at radius 3 is 1.33 bits per heavy atom. The van der Waals surface area contributed by atoms with Crippen molar-refractivity contribution in [3.8, 4) is 0 Å². The highest BCUT2D eigenvalue weighted by Gasteiger charge is 2.28. The standard InChI is InChI=1S/C18H28N8.ClH/c19-11-5-12(20)8-25(7-11)17-15-3-1-2-4-16(15)18(24-23-17)26-9-13(21)6-14(22)10-26;/h1-4,11-14H,5-10,19-22H2;1H/t11-,12+,13-,14+;. The highest BCUT2D eigenvalue weighted by molar-refractivity contribution is 5.99. The molecule has 0 radical (unpaired) electrons. The predicted octanol–water partition coefficient (Wildman–Crippen LogP) is -0.219. The van der Waals surface area contributed by atoms with Crippen molar-refractivity contribution in [2.75, 3.05) is 36.0 Å². The Morgan fingerprint density at radius 1 is 0.667 bits per heavy atom. The van der Waals surface area contributed by atoms with Crippen molar-refractivity contribution in [1.82, 2.24) is 10.2 Å². The van der Waals surface area contributed by atoms with Crippen LogP contribution in [0.1, 0.15) is 12.8 Å². The van der Waals surface area contributed by atoms with Gasteiger partial charge < -0.3 is 32.7 Å². The molecule has 2 aliphatic heterocycles. The number of nitrogens with two attached hydrogens (primary N) is 4. The average Bonchev–Trinajstić information content (AvgIpc) is 2.59. The Kier molecular flexibility index (Phi) is 6.02. The molecule has 0 saturated carbocycles. The zero-order chi connectivity index (χ0) is 18.3. The Labute approximate surface area is 165 Å². The van der Waals surface area contributed by atoms with E-state index in [4.69, 9.17) is 22.9 Å². The molecule has 9 heteroatoms. The first-order valence-electron chi connectivity index (χ1n) is 9.29. The summed E-state index contributed by atoms with van der Waals surface area (Å²) in [5, 5.41) is 11.3. The number of benzene rings is 1. The quantitative estimate of drug-likeness (QED) is 0.550. The lowest BCUT2D eigenvalue weighted by atomic mass is 10.0. The minimum atomic E-state index is 0. The highest BCUT2D eigenvalue weighted by atomic mass is 35.5. The van der Waals surface area contributed by atoms with Gasteiger partial charge >= 0.3 is 0 Å². The Hall–Kier alpha value is -1.71. The lowest BCUT2D eigenvalue weighted by molar-refractivity contribution is 0.446. The van der Waals surface area contributed by atoms with Crippen LogP contribution in [-0.2, 0) is 0 Å². The molecule has 8 nitrogen and oxygen atoms in total. The molecule has 27 heavy (non-hydrogen) atoms. The maximum absolute atomic E-state index is 6.17. The summed E-state index contributed by atoms with van der Waals surface area (Å²) in [4.78, 5) is 4.32. The van der Waals surface area contributed by atoms with Crippen LogP contribution in [0, 0.1) is 0 Å². The van der Waals surface area contributed by atoms with E-state index in [1.54, 1.807) is 0 Å². The summed E-state index contributed by atoms with van der Waals surface area (Å²) in [6, 6.07) is 8.42. The van der Waals surface area contributed by atoms with Crippen molar-refractivity contribution in [2.45, 2.75) is 37.0 Å². The first-order valence-corrected chi connectivity index (χ1v) is 9.29. The normalized spacial score (nSPS) is 28.9. The fraction of sp³-hybridized carbons (Fsp3) is 0.556. The summed E-state index contributed by atoms with van der Waals surface area (Å²) in [6.45, 7) is 2.97. The van der Waals surface area contributed by atoms with Gasteiger partial charge in [0.15, 0.2) is 11.6 Å². The molecule has 4 rings (SSSR count). The van der Waals surface area contributed by atoms with Crippen molar-refractivity contribution in [3.05, 3.63) is 24.3 Å². The van der Waals surface area contributed by atoms with Crippen molar-refractivity contribution < 1.29 is 0 Å². The third-order valence-electron chi connectivity index (χ3n) is 5.28. The lowest BCUT2D eigenvalue weighted by Crippen LogP contribution is -2.53. The van der Waals surface area contributed by atoms with Crippen LogP contribution in [0.4, 0.5) is 11.6 Å². The van der Waals surface area contributed by atoms with Crippen molar-refractivity contribution in [2.24, 2.45) is 22.9 Å². The van der Waals surface area contributed by atoms with Gasteiger partial charge in [0.25, 0.3) is 0 Å². The Balaban J connectivity index is 0.00000210. The van der Waals surface area contributed by atoms with Crippen LogP contribution in [0.3, 0.4) is 0 Å². The van der Waals surface area contributed by atoms with E-state index in [9.17, 15) is 0 Å². The first kappa shape index (κ1) is 20.0. The zero-order valence-corrected chi connectivity index (χ0v) is 16.2. The van der Waals surface area contributed by atoms with Gasteiger partial charge in [-0.15, -0.1) is 22.6 Å². The summed E-state index contributed by atoms with van der Waals surface area (Å²) in [7, 11) is 0. The van der Waals surface area contributed by atoms with E-state index in [0.29, 0.717) is 0 Å². The molecular formula is C18H29ClN8. The van der Waals surface area contributed by atoms with Gasteiger partial charge in [-0.3, -0.25) is 0 Å². The van der Waals surface area contributed by atoms with E-state index in [1.807, 2.05) is 12.1 Å². The van der Waals surface area contributed by atoms with Gasteiger partial charge in [0.1, 0.15) is 0 Å². The van der Waals surface area contributed by atoms with Crippen molar-refractivity contribution in [1.29, 1.82) is 0 Å². The Bertz CT molecular complexity index is 703. The molecule has 0 spiro atoms. The molecular weight excluding hydrogens is 364 g/mol. The van der Waals surface area contributed by atoms with E-state index in [-0.39, 0.29) is 36.6 Å². The monoisotopic (exact) mass is 392 g/mol. The van der Waals surface area contributed by atoms with Gasteiger partial charge in [-0.1, -0.05) is 24.3 Å². The molecule has 2 aliphatic rings. The second kappa shape index (κ2) is 8.12. The minimum absolute atomic E-state index is 0. The van der Waals surface area contributed by atoms with Crippen LogP contribution in [0.2, 0.25) is 0 Å². The molecule has 0 bridgehead atoms. The van der Waals surface area contributed by atoms with Gasteiger partial charge in [-0.25, -0.2) is 0 Å². The molecule has 1 aromatic carbocycles. The number of aromatic nitrogens is 2. The minimum Gasteiger partial charge on any atom is -0.352 e. The van der Waals surface area contributed by atoms with E-state index in [2.05, 4.69) is 32.1 Å². The highest BCUT2D eigenvalue weighted by Crippen LogP contribution is 2.32. The molecule has 2 saturated heterocycles. The molecule has 8 N–H and O–H groups in total. The van der Waals surface area contributed by atoms with Crippen LogP contribution in [0.5, 0.6) is 0 Å². The maximum atomic E-state index is 6.17. The number of piperidine rings is 2. The molecule has 4 atom stereocenters. The average molecular weight is 393 g/mol. The fourth-order valence-electron chi connectivity index (χ4n) is 4.25. The second-order valence-corrected chi connectivity index (χ2v) is 7.71. The SMILES string of the molecule is Cl.N[C@@H]1C[C@H](N)CN(c2nnc(N3C[C@H](N)C[C@H](N)C3)c3ccccc23)C1. The van der Waals surface area contributed by atoms with Gasteiger partial charge in [-0.05, 0) is 12.8 Å². The molecule has 3 heterocycles. The van der Waals surface area contributed by atoms with Crippen LogP contribution in [-0.4, -0.2) is 60.5 Å². The first-order chi connectivity index (χ1) is 12.5. The smallest absolute Gasteiger partial charge is 0.159 e. The van der Waals surface area contributed by atoms with Gasteiger partial charge in [0.05, 0.1) is 0 Å². The predicted molar refractivity (Wildman–Crippen MR) is 112 cm³/mol. The second-order valence-electron chi connectivity index (χ2n) is 7.71. The van der Waals surface area contributed by atoms with Crippen LogP contribution in [0.15, 0.2) is 24.3 Å². The van der Waals surface area contributed by atoms with E-state index >= 15 is 0 Å². The summed E-state index contributed by atoms with van der Waals surface area (Å²) >= 11 is 0. The maximum Gasteiger partial charge on any atom is 0.159 e. The lowest BCUT2D eigenvalue weighted by Gasteiger charge is -2.37. The third kappa shape index (κ3) is 4.09. The molecule has 2 aromatic rings. The topological polar surface area (TPSA) is 136 Å². The number of rotatable bonds is 2. The van der Waals surface area contributed by atoms with Crippen molar-refractivity contribution >= 4 is 34.8 Å². The zero-order valence-electron chi connectivity index (χ0n) is 15.4. The third-order valence-corrected chi connectivity index (χ3v) is 5.28. The van der Waals surface area contributed by atoms with E-state index < -0.39 is 0 Å². The molecule has 0 aliphatic carbocycles. The number of hydrogen-bond acceptors (Lipinski definition) is 8. The summed E-state index contributed by atoms with van der Waals surface area (Å²) in [5.74, 6) is 1.70. The number of nitrogens with zero attached hydrogens (tertiary/aromatic N) is 4. The molecule has 0 unspecified atom stereocenters. The van der Waals surface area contributed by atoms with E-state index in [1.165, 1.54) is 0 Å². The van der Waals surface area contributed by atoms with Gasteiger partial charge in [0.2, 0.25) is 0 Å². The largest absolute Gasteiger partial charge is 0.352 e. The number of fused-ring (bicyclic) bond motifs is 1. The van der Waals surface area contributed by atoms with Gasteiger partial charge in [-0.2, -0.15) is 0 Å². The van der Waals surface area contributed by atoms with Crippen molar-refractivity contribution in [3.63, 3.8) is 0 Å². The van der Waals surface area contributed by atoms with Crippen LogP contribution in [0.25, 0.3) is 10.8 Å². The van der Waals surface area contributed by atoms with Gasteiger partial charge in [0, 0.05) is 61.1 Å². The Morgan fingerprint density at radius 2 is 1.00 bits per heavy atom. The number of hydrogen-bond donors (Lipinski definition) is 4. The fourth-order valence-corrected chi connectivity index (χ4v) is 4.25. The van der Waals surface area contributed by atoms with E-state index in [0.717, 1.165) is 61.4 Å². The summed E-state index contributed by atoms with van der Waals surface area (Å²) in [5.41, 5.74) is 24.7. The summed E-state index contributed by atoms with van der Waals surface area (Å²) < 4.78 is 0. The molecule has 0 amide bonds. The van der Waals surface area contributed by atoms with Crippen LogP contribution < -0.4 is 32.7 Å². The van der Waals surface area contributed by atoms with Crippen LogP contribution >= 0.6 is 12.4 Å². The number of halogens is 1. The molecule has 1 aromatic heterocycles. The summed E-state index contributed by atoms with van der Waals surface area (Å²) in [6.07, 6.45) is 1.67.